The molecule has 1 aliphatic heterocycles. The number of hydrogen-bond donors (Lipinski definition) is 1. The molecule has 0 aliphatic carbocycles. The number of pyridine rings is 1. The Hall–Kier alpha value is -1.47. The van der Waals surface area contributed by atoms with Gasteiger partial charge in [0.1, 0.15) is 6.10 Å². The van der Waals surface area contributed by atoms with Gasteiger partial charge in [0.15, 0.2) is 17.6 Å². The molecule has 0 aromatic carbocycles. The van der Waals surface area contributed by atoms with Gasteiger partial charge in [-0.05, 0) is 40.9 Å². The molecule has 2 aromatic heterocycles. The third kappa shape index (κ3) is 1.89. The normalized spacial score (nSPS) is 23.6. The smallest absolute Gasteiger partial charge is 0.332 e. The zero-order valence-electron chi connectivity index (χ0n) is 9.28. The molecule has 7 heteroatoms. The Labute approximate surface area is 111 Å². The number of ether oxygens (including phenoxy) is 1. The van der Waals surface area contributed by atoms with Gasteiger partial charge in [-0.2, -0.15) is 0 Å². The van der Waals surface area contributed by atoms with Gasteiger partial charge in [-0.15, -0.1) is 10.2 Å². The van der Waals surface area contributed by atoms with Gasteiger partial charge in [-0.25, -0.2) is 4.79 Å². The standard InChI is InChI=1S/C11H10BrN3O3/c12-6-1-4-9-13-14-10(15(9)5-6)7-2-3-8(18-7)11(16)17/h1,4-5,7-8H,2-3H2,(H,16,17). The Bertz CT molecular complexity index is 613. The minimum Gasteiger partial charge on any atom is -0.479 e. The Balaban J connectivity index is 1.95. The summed E-state index contributed by atoms with van der Waals surface area (Å²) >= 11 is 3.38. The molecule has 6 nitrogen and oxygen atoms in total. The maximum absolute atomic E-state index is 10.9. The van der Waals surface area contributed by atoms with E-state index >= 15 is 0 Å². The number of halogens is 1. The molecule has 94 valence electrons. The Morgan fingerprint density at radius 1 is 1.44 bits per heavy atom. The molecule has 3 rings (SSSR count). The van der Waals surface area contributed by atoms with E-state index in [-0.39, 0.29) is 6.10 Å². The maximum Gasteiger partial charge on any atom is 0.332 e. The summed E-state index contributed by atoms with van der Waals surface area (Å²) in [4.78, 5) is 10.9. The highest BCUT2D eigenvalue weighted by atomic mass is 79.9. The van der Waals surface area contributed by atoms with E-state index in [2.05, 4.69) is 26.1 Å². The molecule has 1 aliphatic rings. The summed E-state index contributed by atoms with van der Waals surface area (Å²) in [6.07, 6.45) is 1.94. The molecule has 18 heavy (non-hydrogen) atoms. The minimum absolute atomic E-state index is 0.310. The van der Waals surface area contributed by atoms with E-state index in [1.165, 1.54) is 0 Å². The molecule has 1 saturated heterocycles. The fraction of sp³-hybridized carbons (Fsp3) is 0.364. The van der Waals surface area contributed by atoms with Gasteiger partial charge in [0, 0.05) is 10.7 Å². The summed E-state index contributed by atoms with van der Waals surface area (Å²) < 4.78 is 8.20. The van der Waals surface area contributed by atoms with Crippen molar-refractivity contribution in [1.29, 1.82) is 0 Å². The monoisotopic (exact) mass is 311 g/mol. The van der Waals surface area contributed by atoms with Gasteiger partial charge in [0.05, 0.1) is 0 Å². The second-order valence-electron chi connectivity index (χ2n) is 4.16. The fourth-order valence-corrected chi connectivity index (χ4v) is 2.45. The Morgan fingerprint density at radius 3 is 3.00 bits per heavy atom. The molecule has 0 spiro atoms. The fourth-order valence-electron chi connectivity index (χ4n) is 2.11. The summed E-state index contributed by atoms with van der Waals surface area (Å²) in [6.45, 7) is 0. The van der Waals surface area contributed by atoms with E-state index in [1.54, 1.807) is 0 Å². The van der Waals surface area contributed by atoms with E-state index in [4.69, 9.17) is 9.84 Å². The molecule has 2 atom stereocenters. The van der Waals surface area contributed by atoms with E-state index < -0.39 is 12.1 Å². The van der Waals surface area contributed by atoms with Crippen molar-refractivity contribution in [3.63, 3.8) is 0 Å². The highest BCUT2D eigenvalue weighted by Crippen LogP contribution is 2.32. The summed E-state index contributed by atoms with van der Waals surface area (Å²) in [5.74, 6) is -0.275. The van der Waals surface area contributed by atoms with Gasteiger partial charge in [-0.3, -0.25) is 4.40 Å². The SMILES string of the molecule is O=C(O)C1CCC(c2nnc3ccc(Br)cn23)O1. The lowest BCUT2D eigenvalue weighted by Crippen LogP contribution is -2.19. The third-order valence-corrected chi connectivity index (χ3v) is 3.44. The average Bonchev–Trinajstić information content (AvgIpc) is 2.93. The van der Waals surface area contributed by atoms with Crippen LogP contribution in [-0.4, -0.2) is 31.8 Å². The van der Waals surface area contributed by atoms with Crippen LogP contribution in [0.4, 0.5) is 0 Å². The molecule has 1 N–H and O–H groups in total. The van der Waals surface area contributed by atoms with Crippen LogP contribution in [0.2, 0.25) is 0 Å². The quantitative estimate of drug-likeness (QED) is 0.915. The molecule has 2 aromatic rings. The van der Waals surface area contributed by atoms with Crippen molar-refractivity contribution in [3.8, 4) is 0 Å². The number of hydrogen-bond acceptors (Lipinski definition) is 4. The van der Waals surface area contributed by atoms with Crippen LogP contribution in [0.15, 0.2) is 22.8 Å². The molecule has 0 bridgehead atoms. The average molecular weight is 312 g/mol. The predicted molar refractivity (Wildman–Crippen MR) is 65.2 cm³/mol. The van der Waals surface area contributed by atoms with Crippen LogP contribution >= 0.6 is 15.9 Å². The van der Waals surface area contributed by atoms with Crippen molar-refractivity contribution in [1.82, 2.24) is 14.6 Å². The first kappa shape index (κ1) is 11.6. The lowest BCUT2D eigenvalue weighted by atomic mass is 10.2. The molecular weight excluding hydrogens is 302 g/mol. The van der Waals surface area contributed by atoms with Gasteiger partial charge in [-0.1, -0.05) is 0 Å². The van der Waals surface area contributed by atoms with Crippen molar-refractivity contribution in [3.05, 3.63) is 28.6 Å². The third-order valence-electron chi connectivity index (χ3n) is 2.98. The van der Waals surface area contributed by atoms with Crippen LogP contribution in [0.1, 0.15) is 24.8 Å². The highest BCUT2D eigenvalue weighted by molar-refractivity contribution is 9.10. The Kier molecular flexibility index (Phi) is 2.79. The number of carboxylic acid groups (broad SMARTS) is 1. The maximum atomic E-state index is 10.9. The van der Waals surface area contributed by atoms with Crippen molar-refractivity contribution >= 4 is 27.5 Å². The summed E-state index contributed by atoms with van der Waals surface area (Å²) in [5, 5.41) is 17.0. The van der Waals surface area contributed by atoms with E-state index in [9.17, 15) is 4.79 Å². The number of carbonyl (C=O) groups is 1. The second kappa shape index (κ2) is 4.33. The zero-order valence-corrected chi connectivity index (χ0v) is 10.9. The number of nitrogens with zero attached hydrogens (tertiary/aromatic N) is 3. The molecule has 3 heterocycles. The lowest BCUT2D eigenvalue weighted by Gasteiger charge is -2.09. The summed E-state index contributed by atoms with van der Waals surface area (Å²) in [6, 6.07) is 3.72. The van der Waals surface area contributed by atoms with Crippen LogP contribution in [0.5, 0.6) is 0 Å². The first-order chi connectivity index (χ1) is 8.65. The van der Waals surface area contributed by atoms with Crippen LogP contribution in [0.25, 0.3) is 5.65 Å². The number of carboxylic acids is 1. The number of aliphatic carboxylic acids is 1. The second-order valence-corrected chi connectivity index (χ2v) is 5.08. The number of aromatic nitrogens is 3. The Morgan fingerprint density at radius 2 is 2.28 bits per heavy atom. The first-order valence-electron chi connectivity index (χ1n) is 5.53. The first-order valence-corrected chi connectivity index (χ1v) is 6.33. The van der Waals surface area contributed by atoms with Gasteiger partial charge >= 0.3 is 5.97 Å². The number of rotatable bonds is 2. The van der Waals surface area contributed by atoms with E-state index in [0.29, 0.717) is 18.7 Å². The van der Waals surface area contributed by atoms with Crippen molar-refractivity contribution < 1.29 is 14.6 Å². The molecular formula is C11H10BrN3O3. The van der Waals surface area contributed by atoms with Gasteiger partial charge in [0.2, 0.25) is 0 Å². The minimum atomic E-state index is -0.924. The van der Waals surface area contributed by atoms with E-state index in [1.807, 2.05) is 22.7 Å². The van der Waals surface area contributed by atoms with Crippen LogP contribution in [0, 0.1) is 0 Å². The molecule has 0 saturated carbocycles. The zero-order chi connectivity index (χ0) is 12.7. The molecule has 1 fully saturated rings. The van der Waals surface area contributed by atoms with Crippen LogP contribution < -0.4 is 0 Å². The molecule has 2 unspecified atom stereocenters. The highest BCUT2D eigenvalue weighted by Gasteiger charge is 2.33. The van der Waals surface area contributed by atoms with Gasteiger partial charge < -0.3 is 9.84 Å². The van der Waals surface area contributed by atoms with Crippen LogP contribution in [-0.2, 0) is 9.53 Å². The van der Waals surface area contributed by atoms with Gasteiger partial charge in [0.25, 0.3) is 0 Å². The topological polar surface area (TPSA) is 76.7 Å². The predicted octanol–water partition coefficient (Wildman–Crippen LogP) is 1.80. The van der Waals surface area contributed by atoms with Crippen molar-refractivity contribution in [2.75, 3.05) is 0 Å². The van der Waals surface area contributed by atoms with Crippen LogP contribution in [0.3, 0.4) is 0 Å². The number of fused-ring (bicyclic) bond motifs is 1. The summed E-state index contributed by atoms with van der Waals surface area (Å²) in [5.41, 5.74) is 0.718. The largest absolute Gasteiger partial charge is 0.479 e. The molecule has 0 amide bonds. The lowest BCUT2D eigenvalue weighted by molar-refractivity contribution is -0.149. The van der Waals surface area contributed by atoms with Crippen molar-refractivity contribution in [2.45, 2.75) is 25.0 Å². The summed E-state index contributed by atoms with van der Waals surface area (Å²) in [7, 11) is 0. The molecule has 0 radical (unpaired) electrons. The van der Waals surface area contributed by atoms with Crippen molar-refractivity contribution in [2.24, 2.45) is 0 Å². The van der Waals surface area contributed by atoms with E-state index in [0.717, 1.165) is 10.1 Å².